The number of allylic oxidation sites excluding steroid dienone is 1. The lowest BCUT2D eigenvalue weighted by atomic mass is 10.2. The molecule has 0 aliphatic rings. The number of carbonyl (C=O) groups excluding carboxylic acids is 1. The van der Waals surface area contributed by atoms with E-state index in [1.165, 1.54) is 11.8 Å². The summed E-state index contributed by atoms with van der Waals surface area (Å²) in [6.45, 7) is 4.57. The molecule has 1 amide bonds. The zero-order valence-corrected chi connectivity index (χ0v) is 17.9. The highest BCUT2D eigenvalue weighted by Crippen LogP contribution is 2.20. The van der Waals surface area contributed by atoms with Crippen molar-refractivity contribution in [3.8, 4) is 0 Å². The van der Waals surface area contributed by atoms with Crippen molar-refractivity contribution in [2.75, 3.05) is 12.8 Å². The SMILES string of the molecule is C=CCn1c(SCC(=O)N(C)Cc2ccccc2Br)nc2ccccc2c1=O. The number of fused-ring (bicyclic) bond motifs is 1. The van der Waals surface area contributed by atoms with Gasteiger partial charge in [-0.2, -0.15) is 0 Å². The summed E-state index contributed by atoms with van der Waals surface area (Å²) in [4.78, 5) is 31.6. The van der Waals surface area contributed by atoms with Crippen LogP contribution in [0.25, 0.3) is 10.9 Å². The Labute approximate surface area is 176 Å². The molecule has 0 radical (unpaired) electrons. The van der Waals surface area contributed by atoms with Gasteiger partial charge >= 0.3 is 0 Å². The number of rotatable bonds is 7. The maximum absolute atomic E-state index is 12.8. The molecule has 0 fully saturated rings. The molecule has 0 saturated heterocycles. The number of benzene rings is 2. The van der Waals surface area contributed by atoms with Crippen molar-refractivity contribution in [1.29, 1.82) is 0 Å². The van der Waals surface area contributed by atoms with E-state index in [0.29, 0.717) is 29.1 Å². The number of halogens is 1. The van der Waals surface area contributed by atoms with Crippen molar-refractivity contribution in [3.63, 3.8) is 0 Å². The molecule has 3 rings (SSSR count). The minimum absolute atomic E-state index is 0.0340. The van der Waals surface area contributed by atoms with Crippen LogP contribution < -0.4 is 5.56 Å². The number of nitrogens with zero attached hydrogens (tertiary/aromatic N) is 3. The lowest BCUT2D eigenvalue weighted by Crippen LogP contribution is -2.29. The molecule has 0 aliphatic heterocycles. The van der Waals surface area contributed by atoms with E-state index in [1.807, 2.05) is 36.4 Å². The molecule has 28 heavy (non-hydrogen) atoms. The van der Waals surface area contributed by atoms with E-state index in [-0.39, 0.29) is 17.2 Å². The highest BCUT2D eigenvalue weighted by atomic mass is 79.9. The van der Waals surface area contributed by atoms with Gasteiger partial charge in [-0.05, 0) is 23.8 Å². The fourth-order valence-electron chi connectivity index (χ4n) is 2.75. The molecule has 1 heterocycles. The summed E-state index contributed by atoms with van der Waals surface area (Å²) in [6.07, 6.45) is 1.66. The molecule has 2 aromatic carbocycles. The molecule has 0 unspecified atom stereocenters. The van der Waals surface area contributed by atoms with Crippen molar-refractivity contribution in [1.82, 2.24) is 14.5 Å². The third-order valence-electron chi connectivity index (χ3n) is 4.25. The summed E-state index contributed by atoms with van der Waals surface area (Å²) in [6, 6.07) is 15.0. The predicted molar refractivity (Wildman–Crippen MR) is 118 cm³/mol. The van der Waals surface area contributed by atoms with Crippen molar-refractivity contribution in [2.24, 2.45) is 0 Å². The highest BCUT2D eigenvalue weighted by Gasteiger charge is 2.15. The van der Waals surface area contributed by atoms with Gasteiger partial charge in [0.15, 0.2) is 5.16 Å². The molecular weight excluding hydrogens is 438 g/mol. The molecule has 0 atom stereocenters. The van der Waals surface area contributed by atoms with Crippen molar-refractivity contribution in [3.05, 3.63) is 81.6 Å². The first-order chi connectivity index (χ1) is 13.5. The van der Waals surface area contributed by atoms with Gasteiger partial charge in [-0.1, -0.05) is 64.1 Å². The molecule has 3 aromatic rings. The molecule has 5 nitrogen and oxygen atoms in total. The smallest absolute Gasteiger partial charge is 0.262 e. The van der Waals surface area contributed by atoms with Crippen LogP contribution in [-0.2, 0) is 17.9 Å². The normalized spacial score (nSPS) is 10.8. The van der Waals surface area contributed by atoms with Crippen LogP contribution in [0.15, 0.2) is 75.6 Å². The summed E-state index contributed by atoms with van der Waals surface area (Å²) < 4.78 is 2.53. The van der Waals surface area contributed by atoms with Crippen molar-refractivity contribution in [2.45, 2.75) is 18.2 Å². The van der Waals surface area contributed by atoms with Crippen LogP contribution in [0.5, 0.6) is 0 Å². The van der Waals surface area contributed by atoms with E-state index in [2.05, 4.69) is 27.5 Å². The highest BCUT2D eigenvalue weighted by molar-refractivity contribution is 9.10. The number of carbonyl (C=O) groups is 1. The summed E-state index contributed by atoms with van der Waals surface area (Å²) in [5.41, 5.74) is 1.54. The lowest BCUT2D eigenvalue weighted by molar-refractivity contribution is -0.127. The zero-order valence-electron chi connectivity index (χ0n) is 15.5. The quantitative estimate of drug-likeness (QED) is 0.304. The Hall–Kier alpha value is -2.38. The van der Waals surface area contributed by atoms with Gasteiger partial charge in [0.25, 0.3) is 5.56 Å². The average molecular weight is 458 g/mol. The monoisotopic (exact) mass is 457 g/mol. The Kier molecular flexibility index (Phi) is 6.70. The summed E-state index contributed by atoms with van der Waals surface area (Å²) in [5.74, 6) is 0.163. The summed E-state index contributed by atoms with van der Waals surface area (Å²) >= 11 is 4.78. The summed E-state index contributed by atoms with van der Waals surface area (Å²) in [5, 5.41) is 1.08. The topological polar surface area (TPSA) is 55.2 Å². The average Bonchev–Trinajstić information content (AvgIpc) is 2.70. The number of hydrogen-bond acceptors (Lipinski definition) is 4. The third kappa shape index (κ3) is 4.54. The van der Waals surface area contributed by atoms with E-state index < -0.39 is 0 Å². The van der Waals surface area contributed by atoms with Crippen LogP contribution in [0.2, 0.25) is 0 Å². The first-order valence-corrected chi connectivity index (χ1v) is 10.5. The molecule has 0 aliphatic carbocycles. The van der Waals surface area contributed by atoms with E-state index in [1.54, 1.807) is 34.7 Å². The Morgan fingerprint density at radius 1 is 1.25 bits per heavy atom. The zero-order chi connectivity index (χ0) is 20.1. The molecule has 0 N–H and O–H groups in total. The van der Waals surface area contributed by atoms with Gasteiger partial charge in [0.05, 0.1) is 16.7 Å². The fourth-order valence-corrected chi connectivity index (χ4v) is 4.11. The molecule has 1 aromatic heterocycles. The van der Waals surface area contributed by atoms with Crippen molar-refractivity contribution >= 4 is 44.5 Å². The van der Waals surface area contributed by atoms with Gasteiger partial charge in [-0.3, -0.25) is 14.2 Å². The second-order valence-corrected chi connectivity index (χ2v) is 8.04. The number of para-hydroxylation sites is 1. The summed E-state index contributed by atoms with van der Waals surface area (Å²) in [7, 11) is 1.77. The first kappa shape index (κ1) is 20.4. The van der Waals surface area contributed by atoms with Crippen molar-refractivity contribution < 1.29 is 4.79 Å². The van der Waals surface area contributed by atoms with Gasteiger partial charge in [0, 0.05) is 24.6 Å². The fraction of sp³-hybridized carbons (Fsp3) is 0.190. The van der Waals surface area contributed by atoms with E-state index in [9.17, 15) is 9.59 Å². The maximum atomic E-state index is 12.8. The second-order valence-electron chi connectivity index (χ2n) is 6.25. The third-order valence-corrected chi connectivity index (χ3v) is 5.99. The molecule has 0 saturated carbocycles. The Bertz CT molecular complexity index is 1080. The number of amides is 1. The first-order valence-electron chi connectivity index (χ1n) is 8.72. The van der Waals surface area contributed by atoms with Gasteiger partial charge in [-0.25, -0.2) is 4.98 Å². The van der Waals surface area contributed by atoms with Crippen LogP contribution in [0.1, 0.15) is 5.56 Å². The van der Waals surface area contributed by atoms with E-state index in [0.717, 1.165) is 10.0 Å². The van der Waals surface area contributed by atoms with Gasteiger partial charge in [-0.15, -0.1) is 6.58 Å². The molecule has 144 valence electrons. The standard InChI is InChI=1S/C21H20BrN3O2S/c1-3-12-25-20(27)16-9-5-7-11-18(16)23-21(25)28-14-19(26)24(2)13-15-8-4-6-10-17(15)22/h3-11H,1,12-14H2,2H3. The molecular formula is C21H20BrN3O2S. The van der Waals surface area contributed by atoms with Crippen LogP contribution in [0, 0.1) is 0 Å². The van der Waals surface area contributed by atoms with Crippen LogP contribution in [-0.4, -0.2) is 33.2 Å². The van der Waals surface area contributed by atoms with Gasteiger partial charge in [0.2, 0.25) is 5.91 Å². The predicted octanol–water partition coefficient (Wildman–Crippen LogP) is 4.10. The molecule has 0 bridgehead atoms. The number of aromatic nitrogens is 2. The second kappa shape index (κ2) is 9.21. The van der Waals surface area contributed by atoms with Gasteiger partial charge in [0.1, 0.15) is 0 Å². The Morgan fingerprint density at radius 3 is 2.71 bits per heavy atom. The van der Waals surface area contributed by atoms with Crippen LogP contribution in [0.3, 0.4) is 0 Å². The minimum Gasteiger partial charge on any atom is -0.341 e. The van der Waals surface area contributed by atoms with E-state index >= 15 is 0 Å². The number of hydrogen-bond donors (Lipinski definition) is 0. The molecule has 0 spiro atoms. The lowest BCUT2D eigenvalue weighted by Gasteiger charge is -2.18. The Morgan fingerprint density at radius 2 is 1.96 bits per heavy atom. The van der Waals surface area contributed by atoms with Crippen LogP contribution in [0.4, 0.5) is 0 Å². The van der Waals surface area contributed by atoms with Crippen LogP contribution >= 0.6 is 27.7 Å². The maximum Gasteiger partial charge on any atom is 0.262 e. The van der Waals surface area contributed by atoms with Gasteiger partial charge < -0.3 is 4.90 Å². The number of thioether (sulfide) groups is 1. The largest absolute Gasteiger partial charge is 0.341 e. The van der Waals surface area contributed by atoms with E-state index in [4.69, 9.17) is 0 Å². The molecule has 7 heteroatoms. The minimum atomic E-state index is -0.123. The Balaban J connectivity index is 1.78.